The molecule has 0 spiro atoms. The molecule has 0 aromatic heterocycles. The lowest BCUT2D eigenvalue weighted by molar-refractivity contribution is -0.131. The van der Waals surface area contributed by atoms with Gasteiger partial charge in [0.2, 0.25) is 0 Å². The summed E-state index contributed by atoms with van der Waals surface area (Å²) >= 11 is 0. The van der Waals surface area contributed by atoms with E-state index in [1.54, 1.807) is 12.1 Å². The predicted molar refractivity (Wildman–Crippen MR) is 108 cm³/mol. The highest BCUT2D eigenvalue weighted by Crippen LogP contribution is 2.61. The van der Waals surface area contributed by atoms with E-state index in [1.807, 2.05) is 13.0 Å². The Bertz CT molecular complexity index is 958. The van der Waals surface area contributed by atoms with Crippen LogP contribution in [0, 0.1) is 17.3 Å². The van der Waals surface area contributed by atoms with Crippen molar-refractivity contribution in [1.82, 2.24) is 5.48 Å². The Morgan fingerprint density at radius 1 is 1.34 bits per heavy atom. The number of carbonyl (C=O) groups excluding carboxylic acids is 1. The second-order valence-electron chi connectivity index (χ2n) is 8.53. The molecule has 0 radical (unpaired) electrons. The molecule has 1 aromatic rings. The van der Waals surface area contributed by atoms with E-state index in [1.165, 1.54) is 5.56 Å². The number of amides is 1. The molecule has 7 nitrogen and oxygen atoms in total. The van der Waals surface area contributed by atoms with E-state index in [0.717, 1.165) is 43.2 Å². The Morgan fingerprint density at radius 2 is 2.14 bits per heavy atom. The topological polar surface area (TPSA) is 108 Å². The van der Waals surface area contributed by atoms with Gasteiger partial charge in [-0.05, 0) is 80.0 Å². The van der Waals surface area contributed by atoms with Gasteiger partial charge in [0.05, 0.1) is 6.61 Å². The Kier molecular flexibility index (Phi) is 5.21. The summed E-state index contributed by atoms with van der Waals surface area (Å²) in [4.78, 5) is 17.7. The van der Waals surface area contributed by atoms with Crippen LogP contribution in [0.15, 0.2) is 29.8 Å². The fourth-order valence-electron chi connectivity index (χ4n) is 5.86. The fourth-order valence-corrected chi connectivity index (χ4v) is 6.23. The summed E-state index contributed by atoms with van der Waals surface area (Å²) in [5, 5.41) is 4.99. The maximum Gasteiger partial charge on any atom is 0.380 e. The average molecular weight is 421 g/mol. The third-order valence-corrected chi connectivity index (χ3v) is 7.47. The van der Waals surface area contributed by atoms with Crippen molar-refractivity contribution in [3.8, 4) is 5.75 Å². The third-order valence-electron chi connectivity index (χ3n) is 7.05. The molecule has 4 rings (SSSR count). The first-order chi connectivity index (χ1) is 13.7. The van der Waals surface area contributed by atoms with Gasteiger partial charge in [0.25, 0.3) is 5.91 Å². The molecule has 0 aliphatic heterocycles. The maximum absolute atomic E-state index is 12.6. The highest BCUT2D eigenvalue weighted by Gasteiger charge is 2.53. The van der Waals surface area contributed by atoms with Gasteiger partial charge in [-0.15, -0.1) is 0 Å². The summed E-state index contributed by atoms with van der Waals surface area (Å²) in [5.74, 6) is 1.50. The average Bonchev–Trinajstić information content (AvgIpc) is 3.01. The Hall–Kier alpha value is -1.90. The zero-order valence-electron chi connectivity index (χ0n) is 16.8. The lowest BCUT2D eigenvalue weighted by atomic mass is 9.54. The summed E-state index contributed by atoms with van der Waals surface area (Å²) in [6, 6.07) is 5.48. The molecule has 3 aliphatic carbocycles. The van der Waals surface area contributed by atoms with Crippen molar-refractivity contribution in [3.63, 3.8) is 0 Å². The van der Waals surface area contributed by atoms with E-state index in [2.05, 4.69) is 18.5 Å². The van der Waals surface area contributed by atoms with Gasteiger partial charge < -0.3 is 4.18 Å². The molecule has 3 N–H and O–H groups in total. The van der Waals surface area contributed by atoms with Gasteiger partial charge in [-0.1, -0.05) is 19.1 Å². The number of nitrogens with two attached hydrogens (primary N) is 1. The number of nitrogens with one attached hydrogen (secondary N) is 1. The molecule has 1 saturated carbocycles. The van der Waals surface area contributed by atoms with Crippen LogP contribution in [-0.4, -0.2) is 20.9 Å². The number of benzene rings is 1. The van der Waals surface area contributed by atoms with Crippen molar-refractivity contribution in [3.05, 3.63) is 41.0 Å². The molecular formula is C21H28N2O5S. The first-order valence-electron chi connectivity index (χ1n) is 10.2. The van der Waals surface area contributed by atoms with Crippen LogP contribution in [0.5, 0.6) is 5.75 Å². The van der Waals surface area contributed by atoms with Crippen molar-refractivity contribution in [2.45, 2.75) is 51.9 Å². The molecule has 0 saturated heterocycles. The van der Waals surface area contributed by atoms with Crippen LogP contribution in [0.25, 0.3) is 0 Å². The Balaban J connectivity index is 1.56. The van der Waals surface area contributed by atoms with Crippen molar-refractivity contribution in [2.75, 3.05) is 6.61 Å². The SMILES string of the molecule is CCONC(=O)C1=CCC2C3CCc4cc(OS(N)(=O)=O)ccc4C3CC[C@]12C. The zero-order chi connectivity index (χ0) is 20.8. The van der Waals surface area contributed by atoms with Crippen LogP contribution in [-0.2, 0) is 26.4 Å². The molecule has 1 amide bonds. The van der Waals surface area contributed by atoms with Crippen LogP contribution >= 0.6 is 0 Å². The lowest BCUT2D eigenvalue weighted by Crippen LogP contribution is -2.43. The van der Waals surface area contributed by atoms with E-state index < -0.39 is 10.3 Å². The Labute approximate surface area is 171 Å². The van der Waals surface area contributed by atoms with E-state index in [9.17, 15) is 13.2 Å². The molecule has 1 fully saturated rings. The number of carbonyl (C=O) groups is 1. The smallest absolute Gasteiger partial charge is 0.371 e. The van der Waals surface area contributed by atoms with Gasteiger partial charge >= 0.3 is 10.3 Å². The van der Waals surface area contributed by atoms with Gasteiger partial charge in [0.1, 0.15) is 5.75 Å². The minimum absolute atomic E-state index is 0.115. The minimum Gasteiger partial charge on any atom is -0.371 e. The molecule has 1 aromatic carbocycles. The third kappa shape index (κ3) is 3.69. The number of hydroxylamine groups is 1. The molecule has 158 valence electrons. The quantitative estimate of drug-likeness (QED) is 0.712. The van der Waals surface area contributed by atoms with Gasteiger partial charge in [0.15, 0.2) is 0 Å². The minimum atomic E-state index is -4.02. The second kappa shape index (κ2) is 7.41. The summed E-state index contributed by atoms with van der Waals surface area (Å²) in [5.41, 5.74) is 5.71. The molecule has 8 heteroatoms. The van der Waals surface area contributed by atoms with Crippen molar-refractivity contribution >= 4 is 16.2 Å². The van der Waals surface area contributed by atoms with Gasteiger partial charge in [-0.2, -0.15) is 13.6 Å². The van der Waals surface area contributed by atoms with E-state index in [-0.39, 0.29) is 17.1 Å². The second-order valence-corrected chi connectivity index (χ2v) is 9.68. The molecule has 3 aliphatic rings. The van der Waals surface area contributed by atoms with Crippen LogP contribution in [0.3, 0.4) is 0 Å². The van der Waals surface area contributed by atoms with Gasteiger partial charge in [-0.25, -0.2) is 5.48 Å². The number of aryl methyl sites for hydroxylation is 1. The normalized spacial score (nSPS) is 30.6. The number of hydrogen-bond acceptors (Lipinski definition) is 5. The van der Waals surface area contributed by atoms with E-state index in [0.29, 0.717) is 24.4 Å². The molecule has 29 heavy (non-hydrogen) atoms. The Morgan fingerprint density at radius 3 is 2.86 bits per heavy atom. The van der Waals surface area contributed by atoms with Crippen molar-refractivity contribution < 1.29 is 22.2 Å². The summed E-state index contributed by atoms with van der Waals surface area (Å²) in [6.45, 7) is 4.51. The van der Waals surface area contributed by atoms with Crippen LogP contribution in [0.2, 0.25) is 0 Å². The number of fused-ring (bicyclic) bond motifs is 5. The summed E-state index contributed by atoms with van der Waals surface area (Å²) in [6.07, 6.45) is 6.84. The molecule has 4 atom stereocenters. The standard InChI is InChI=1S/C21H28N2O5S/c1-3-27-23-20(24)19-9-8-18-17-6-4-13-12-14(28-29(22,25)26)5-7-15(13)16(17)10-11-21(18,19)2/h5,7,9,12,16-18H,3-4,6,8,10-11H2,1-2H3,(H,23,24)(H2,22,25,26)/t16?,17?,18?,21-/m0/s1. The van der Waals surface area contributed by atoms with Crippen molar-refractivity contribution in [2.24, 2.45) is 22.4 Å². The van der Waals surface area contributed by atoms with Gasteiger partial charge in [-0.3, -0.25) is 9.63 Å². The monoisotopic (exact) mass is 420 g/mol. The summed E-state index contributed by atoms with van der Waals surface area (Å²) in [7, 11) is -4.02. The van der Waals surface area contributed by atoms with Crippen LogP contribution in [0.1, 0.15) is 56.6 Å². The van der Waals surface area contributed by atoms with Gasteiger partial charge in [0, 0.05) is 11.0 Å². The molecule has 0 heterocycles. The summed E-state index contributed by atoms with van der Waals surface area (Å²) < 4.78 is 27.3. The van der Waals surface area contributed by atoms with Crippen LogP contribution < -0.4 is 14.8 Å². The number of allylic oxidation sites excluding steroid dienone is 1. The van der Waals surface area contributed by atoms with E-state index >= 15 is 0 Å². The zero-order valence-corrected chi connectivity index (χ0v) is 17.6. The highest BCUT2D eigenvalue weighted by molar-refractivity contribution is 7.84. The molecule has 3 unspecified atom stereocenters. The van der Waals surface area contributed by atoms with Crippen LogP contribution in [0.4, 0.5) is 0 Å². The number of rotatable bonds is 5. The van der Waals surface area contributed by atoms with Crippen molar-refractivity contribution in [1.29, 1.82) is 0 Å². The largest absolute Gasteiger partial charge is 0.380 e. The molecule has 0 bridgehead atoms. The van der Waals surface area contributed by atoms with E-state index in [4.69, 9.17) is 14.2 Å². The predicted octanol–water partition coefficient (Wildman–Crippen LogP) is 2.73. The lowest BCUT2D eigenvalue weighted by Gasteiger charge is -2.50. The first kappa shape index (κ1) is 20.4. The number of hydrogen-bond donors (Lipinski definition) is 2. The first-order valence-corrected chi connectivity index (χ1v) is 11.7. The fraction of sp³-hybridized carbons (Fsp3) is 0.571. The highest BCUT2D eigenvalue weighted by atomic mass is 32.2. The molecular weight excluding hydrogens is 392 g/mol. The maximum atomic E-state index is 12.6.